The molecule has 212 valence electrons. The number of anilines is 3. The normalized spacial score (nSPS) is 11.1. The summed E-state index contributed by atoms with van der Waals surface area (Å²) < 4.78 is 55.7. The van der Waals surface area contributed by atoms with Gasteiger partial charge in [-0.2, -0.15) is 10.4 Å². The molecule has 0 aliphatic heterocycles. The van der Waals surface area contributed by atoms with Gasteiger partial charge in [0, 0.05) is 29.7 Å². The molecule has 14 heteroatoms. The molecule has 0 unspecified atom stereocenters. The second-order valence-electron chi connectivity index (χ2n) is 9.62. The zero-order valence-electron chi connectivity index (χ0n) is 22.4. The predicted molar refractivity (Wildman–Crippen MR) is 144 cm³/mol. The van der Waals surface area contributed by atoms with Gasteiger partial charge in [0.1, 0.15) is 35.6 Å². The number of benzene rings is 2. The van der Waals surface area contributed by atoms with E-state index in [1.165, 1.54) is 12.1 Å². The number of urea groups is 1. The summed E-state index contributed by atoms with van der Waals surface area (Å²) in [5.74, 6) is -3.49. The third-order valence-corrected chi connectivity index (χ3v) is 5.59. The minimum Gasteiger partial charge on any atom is -0.488 e. The van der Waals surface area contributed by atoms with Gasteiger partial charge < -0.3 is 20.5 Å². The van der Waals surface area contributed by atoms with Crippen molar-refractivity contribution in [2.24, 2.45) is 0 Å². The van der Waals surface area contributed by atoms with Gasteiger partial charge in [-0.3, -0.25) is 5.32 Å². The maximum absolute atomic E-state index is 14.9. The minimum atomic E-state index is -0.944. The summed E-state index contributed by atoms with van der Waals surface area (Å²) in [6.45, 7) is 7.28. The van der Waals surface area contributed by atoms with E-state index in [0.717, 1.165) is 29.2 Å². The van der Waals surface area contributed by atoms with Crippen molar-refractivity contribution in [3.63, 3.8) is 0 Å². The smallest absolute Gasteiger partial charge is 0.324 e. The second-order valence-corrected chi connectivity index (χ2v) is 9.62. The van der Waals surface area contributed by atoms with E-state index >= 15 is 0 Å². The lowest BCUT2D eigenvalue weighted by molar-refractivity contribution is 0.262. The highest BCUT2D eigenvalue weighted by molar-refractivity contribution is 5.99. The molecular formula is C27H25F3N8O3. The Morgan fingerprint density at radius 2 is 1.78 bits per heavy atom. The first-order chi connectivity index (χ1) is 19.4. The van der Waals surface area contributed by atoms with Gasteiger partial charge in [0.15, 0.2) is 22.9 Å². The third-order valence-electron chi connectivity index (χ3n) is 5.59. The number of nitrogens with one attached hydrogen (secondary N) is 2. The molecule has 0 radical (unpaired) electrons. The number of nitriles is 1. The van der Waals surface area contributed by atoms with E-state index in [-0.39, 0.29) is 46.8 Å². The minimum absolute atomic E-state index is 0.0102. The maximum atomic E-state index is 14.9. The zero-order valence-corrected chi connectivity index (χ0v) is 22.4. The summed E-state index contributed by atoms with van der Waals surface area (Å²) in [7, 11) is 0. The van der Waals surface area contributed by atoms with Crippen LogP contribution in [0.3, 0.4) is 0 Å². The van der Waals surface area contributed by atoms with Gasteiger partial charge in [0.05, 0.1) is 23.7 Å². The molecule has 0 saturated carbocycles. The second kappa shape index (κ2) is 11.4. The monoisotopic (exact) mass is 566 g/mol. The lowest BCUT2D eigenvalue weighted by Crippen LogP contribution is -2.22. The number of aromatic nitrogens is 4. The highest BCUT2D eigenvalue weighted by Gasteiger charge is 2.23. The Bertz CT molecular complexity index is 1640. The lowest BCUT2D eigenvalue weighted by atomic mass is 9.92. The van der Waals surface area contributed by atoms with Crippen molar-refractivity contribution in [3.05, 3.63) is 71.4 Å². The lowest BCUT2D eigenvalue weighted by Gasteiger charge is -2.14. The molecule has 0 bridgehead atoms. The molecule has 0 aliphatic rings. The van der Waals surface area contributed by atoms with Crippen LogP contribution < -0.4 is 25.8 Å². The van der Waals surface area contributed by atoms with E-state index in [1.807, 2.05) is 26.8 Å². The third kappa shape index (κ3) is 6.30. The molecule has 0 atom stereocenters. The van der Waals surface area contributed by atoms with E-state index in [1.54, 1.807) is 13.0 Å². The van der Waals surface area contributed by atoms with Gasteiger partial charge in [0.25, 0.3) is 0 Å². The van der Waals surface area contributed by atoms with Gasteiger partial charge >= 0.3 is 6.03 Å². The summed E-state index contributed by atoms with van der Waals surface area (Å²) in [6.07, 6.45) is 1.09. The molecule has 11 nitrogen and oxygen atoms in total. The molecule has 2 heterocycles. The molecule has 0 fully saturated rings. The number of amides is 2. The molecule has 2 aromatic heterocycles. The number of halogens is 3. The fraction of sp³-hybridized carbons (Fsp3) is 0.222. The van der Waals surface area contributed by atoms with Crippen molar-refractivity contribution in [2.45, 2.75) is 33.1 Å². The number of hydrogen-bond donors (Lipinski definition) is 3. The molecule has 4 N–H and O–H groups in total. The van der Waals surface area contributed by atoms with E-state index in [4.69, 9.17) is 15.2 Å². The maximum Gasteiger partial charge on any atom is 0.324 e. The molecular weight excluding hydrogens is 541 g/mol. The van der Waals surface area contributed by atoms with Crippen LogP contribution in [0.2, 0.25) is 0 Å². The summed E-state index contributed by atoms with van der Waals surface area (Å²) in [4.78, 5) is 20.4. The van der Waals surface area contributed by atoms with Crippen LogP contribution in [-0.4, -0.2) is 32.4 Å². The molecule has 4 rings (SSSR count). The summed E-state index contributed by atoms with van der Waals surface area (Å²) in [5.41, 5.74) is 5.32. The van der Waals surface area contributed by atoms with Crippen molar-refractivity contribution in [1.29, 1.82) is 5.26 Å². The molecule has 0 saturated heterocycles. The first-order valence-electron chi connectivity index (χ1n) is 12.2. The number of carbonyl (C=O) groups is 1. The van der Waals surface area contributed by atoms with Gasteiger partial charge in [0.2, 0.25) is 5.88 Å². The van der Waals surface area contributed by atoms with Crippen molar-refractivity contribution in [3.8, 4) is 29.1 Å². The molecule has 0 spiro atoms. The Kier molecular flexibility index (Phi) is 7.99. The predicted octanol–water partition coefficient (Wildman–Crippen LogP) is 5.67. The first-order valence-corrected chi connectivity index (χ1v) is 12.2. The summed E-state index contributed by atoms with van der Waals surface area (Å²) >= 11 is 0. The number of ether oxygens (including phenoxy) is 2. The molecule has 2 amide bonds. The van der Waals surface area contributed by atoms with Crippen LogP contribution in [0.25, 0.3) is 5.69 Å². The van der Waals surface area contributed by atoms with Gasteiger partial charge in [-0.15, -0.1) is 0 Å². The average molecular weight is 567 g/mol. The Morgan fingerprint density at radius 1 is 1.07 bits per heavy atom. The fourth-order valence-electron chi connectivity index (χ4n) is 3.59. The molecule has 41 heavy (non-hydrogen) atoms. The molecule has 2 aromatic carbocycles. The summed E-state index contributed by atoms with van der Waals surface area (Å²) in [6, 6.07) is 8.09. The van der Waals surface area contributed by atoms with E-state index in [9.17, 15) is 23.2 Å². The molecule has 4 aromatic rings. The number of hydrogen-bond acceptors (Lipinski definition) is 8. The van der Waals surface area contributed by atoms with Crippen molar-refractivity contribution in [2.75, 3.05) is 23.0 Å². The van der Waals surface area contributed by atoms with Crippen LogP contribution in [0, 0.1) is 28.8 Å². The highest BCUT2D eigenvalue weighted by Crippen LogP contribution is 2.31. The number of carbonyl (C=O) groups excluding carboxylic acids is 1. The number of rotatable bonds is 7. The van der Waals surface area contributed by atoms with Crippen LogP contribution in [0.15, 0.2) is 42.7 Å². The van der Waals surface area contributed by atoms with E-state index in [0.29, 0.717) is 5.69 Å². The van der Waals surface area contributed by atoms with Crippen LogP contribution in [-0.2, 0) is 5.41 Å². The average Bonchev–Trinajstić information content (AvgIpc) is 3.32. The van der Waals surface area contributed by atoms with Gasteiger partial charge in [-0.1, -0.05) is 20.8 Å². The number of nitrogen functional groups attached to an aromatic ring is 1. The topological polar surface area (TPSA) is 153 Å². The van der Waals surface area contributed by atoms with E-state index in [2.05, 4.69) is 25.7 Å². The zero-order chi connectivity index (χ0) is 29.9. The van der Waals surface area contributed by atoms with Crippen LogP contribution >= 0.6 is 0 Å². The fourth-order valence-corrected chi connectivity index (χ4v) is 3.59. The van der Waals surface area contributed by atoms with Crippen LogP contribution in [0.4, 0.5) is 35.3 Å². The van der Waals surface area contributed by atoms with Crippen molar-refractivity contribution < 1.29 is 27.4 Å². The Hall–Kier alpha value is -5.32. The van der Waals surface area contributed by atoms with Gasteiger partial charge in [-0.25, -0.2) is 32.6 Å². The Labute approximate surface area is 232 Å². The van der Waals surface area contributed by atoms with Gasteiger partial charge in [-0.05, 0) is 19.1 Å². The standard InChI is InChI=1S/C27H25F3N8O3/c1-5-40-23-18(29)8-14(9-19(23)30)38-22(11-21(37-38)27(2,3)4)36-26(39)35-20-7-6-15(10-17(20)28)41-25-16(12-31)24(32)33-13-34-25/h6-11,13H,5H2,1-4H3,(H2,32,33,34)(H2,35,36,39). The summed E-state index contributed by atoms with van der Waals surface area (Å²) in [5, 5.41) is 18.6. The Balaban J connectivity index is 1.57. The SMILES string of the molecule is CCOc1c(F)cc(-n2nc(C(C)(C)C)cc2NC(=O)Nc2ccc(Oc3ncnc(N)c3C#N)cc2F)cc1F. The Morgan fingerprint density at radius 3 is 2.39 bits per heavy atom. The largest absolute Gasteiger partial charge is 0.488 e. The molecule has 0 aliphatic carbocycles. The number of nitrogens with zero attached hydrogens (tertiary/aromatic N) is 5. The van der Waals surface area contributed by atoms with Crippen molar-refractivity contribution in [1.82, 2.24) is 19.7 Å². The quantitative estimate of drug-likeness (QED) is 0.259. The first kappa shape index (κ1) is 28.7. The highest BCUT2D eigenvalue weighted by atomic mass is 19.1. The number of nitrogens with two attached hydrogens (primary N) is 1. The van der Waals surface area contributed by atoms with Crippen LogP contribution in [0.5, 0.6) is 17.4 Å². The van der Waals surface area contributed by atoms with E-state index < -0.39 is 34.6 Å². The van der Waals surface area contributed by atoms with Crippen molar-refractivity contribution >= 4 is 23.4 Å². The van der Waals surface area contributed by atoms with Crippen LogP contribution in [0.1, 0.15) is 39.0 Å².